The second kappa shape index (κ2) is 5.12. The van der Waals surface area contributed by atoms with Crippen molar-refractivity contribution < 1.29 is 4.79 Å². The zero-order chi connectivity index (χ0) is 14.1. The molecule has 0 unspecified atom stereocenters. The summed E-state index contributed by atoms with van der Waals surface area (Å²) in [7, 11) is 0. The van der Waals surface area contributed by atoms with Crippen molar-refractivity contribution in [3.05, 3.63) is 23.4 Å². The van der Waals surface area contributed by atoms with Crippen LogP contribution in [-0.4, -0.2) is 23.6 Å². The van der Waals surface area contributed by atoms with Gasteiger partial charge in [-0.1, -0.05) is 0 Å². The monoisotopic (exact) mass is 270 g/mol. The van der Waals surface area contributed by atoms with Gasteiger partial charge in [0.2, 0.25) is 0 Å². The maximum atomic E-state index is 12.4. The Bertz CT molecular complexity index is 570. The summed E-state index contributed by atoms with van der Waals surface area (Å²) in [6.07, 6.45) is 4.44. The molecule has 0 aromatic carbocycles. The van der Waals surface area contributed by atoms with Crippen LogP contribution in [0.3, 0.4) is 0 Å². The van der Waals surface area contributed by atoms with Crippen molar-refractivity contribution in [1.82, 2.24) is 10.3 Å². The van der Waals surface area contributed by atoms with Gasteiger partial charge in [0.1, 0.15) is 5.82 Å². The number of anilines is 1. The van der Waals surface area contributed by atoms with Crippen molar-refractivity contribution in [2.45, 2.75) is 38.6 Å². The molecule has 2 aliphatic carbocycles. The number of carbonyl (C=O) groups excluding carboxylic acids is 1. The van der Waals surface area contributed by atoms with E-state index < -0.39 is 0 Å². The van der Waals surface area contributed by atoms with Crippen molar-refractivity contribution in [2.75, 3.05) is 11.4 Å². The summed E-state index contributed by atoms with van der Waals surface area (Å²) in [5, 5.41) is 12.0. The molecule has 5 heteroatoms. The molecule has 0 saturated heterocycles. The van der Waals surface area contributed by atoms with E-state index in [4.69, 9.17) is 5.26 Å². The summed E-state index contributed by atoms with van der Waals surface area (Å²) in [5.41, 5.74) is 1.31. The molecule has 0 radical (unpaired) electrons. The molecule has 3 rings (SSSR count). The largest absolute Gasteiger partial charge is 0.337 e. The maximum Gasteiger partial charge on any atom is 0.323 e. The third-order valence-electron chi connectivity index (χ3n) is 3.69. The number of carbonyl (C=O) groups is 1. The lowest BCUT2D eigenvalue weighted by molar-refractivity contribution is 0.245. The molecular formula is C15H18N4O. The number of nitriles is 1. The van der Waals surface area contributed by atoms with E-state index in [1.165, 1.54) is 12.8 Å². The Morgan fingerprint density at radius 2 is 2.20 bits per heavy atom. The van der Waals surface area contributed by atoms with Crippen LogP contribution in [0.15, 0.2) is 12.1 Å². The van der Waals surface area contributed by atoms with E-state index in [1.54, 1.807) is 17.0 Å². The maximum absolute atomic E-state index is 12.4. The summed E-state index contributed by atoms with van der Waals surface area (Å²) < 4.78 is 0. The third-order valence-corrected chi connectivity index (χ3v) is 3.69. The fourth-order valence-electron chi connectivity index (χ4n) is 2.27. The molecule has 0 aliphatic heterocycles. The fourth-order valence-corrected chi connectivity index (χ4v) is 2.27. The lowest BCUT2D eigenvalue weighted by Crippen LogP contribution is -2.42. The molecule has 2 aliphatic rings. The number of nitrogens with one attached hydrogen (secondary N) is 1. The molecular weight excluding hydrogens is 252 g/mol. The number of aromatic nitrogens is 1. The Kier molecular flexibility index (Phi) is 3.31. The first-order valence-corrected chi connectivity index (χ1v) is 7.13. The molecule has 0 bridgehead atoms. The summed E-state index contributed by atoms with van der Waals surface area (Å²) in [6.45, 7) is 2.59. The Morgan fingerprint density at radius 1 is 1.45 bits per heavy atom. The second-order valence-corrected chi connectivity index (χ2v) is 5.70. The van der Waals surface area contributed by atoms with Gasteiger partial charge in [-0.2, -0.15) is 5.26 Å². The topological polar surface area (TPSA) is 69.0 Å². The predicted molar refractivity (Wildman–Crippen MR) is 75.3 cm³/mol. The summed E-state index contributed by atoms with van der Waals surface area (Å²) in [5.74, 6) is 1.25. The van der Waals surface area contributed by atoms with Crippen molar-refractivity contribution in [1.29, 1.82) is 5.26 Å². The zero-order valence-corrected chi connectivity index (χ0v) is 11.6. The van der Waals surface area contributed by atoms with Gasteiger partial charge >= 0.3 is 6.03 Å². The van der Waals surface area contributed by atoms with E-state index in [-0.39, 0.29) is 12.1 Å². The average Bonchev–Trinajstić information content (AvgIpc) is 3.29. The molecule has 2 fully saturated rings. The van der Waals surface area contributed by atoms with Crippen LogP contribution in [0.1, 0.15) is 36.9 Å². The zero-order valence-electron chi connectivity index (χ0n) is 11.6. The fraction of sp³-hybridized carbons (Fsp3) is 0.533. The lowest BCUT2D eigenvalue weighted by Gasteiger charge is -2.22. The number of hydrogen-bond donors (Lipinski definition) is 1. The quantitative estimate of drug-likeness (QED) is 0.913. The molecule has 0 atom stereocenters. The molecule has 2 amide bonds. The molecule has 104 valence electrons. The number of hydrogen-bond acceptors (Lipinski definition) is 3. The Morgan fingerprint density at radius 3 is 2.80 bits per heavy atom. The molecule has 0 spiro atoms. The highest BCUT2D eigenvalue weighted by molar-refractivity contribution is 5.92. The van der Waals surface area contributed by atoms with Crippen molar-refractivity contribution in [3.8, 4) is 6.07 Å². The molecule has 2 saturated carbocycles. The van der Waals surface area contributed by atoms with Crippen LogP contribution in [-0.2, 0) is 0 Å². The van der Waals surface area contributed by atoms with Crippen molar-refractivity contribution in [3.63, 3.8) is 0 Å². The number of nitrogens with zero attached hydrogens (tertiary/aromatic N) is 3. The average molecular weight is 270 g/mol. The van der Waals surface area contributed by atoms with Crippen LogP contribution in [0, 0.1) is 24.2 Å². The Labute approximate surface area is 118 Å². The SMILES string of the molecule is Cc1cc(C#N)cc(N(C(=O)NCC2CC2)C2CC2)n1. The standard InChI is InChI=1S/C15H18N4O/c1-10-6-12(8-16)7-14(18-10)19(13-4-5-13)15(20)17-9-11-2-3-11/h6-7,11,13H,2-5,9H2,1H3,(H,17,20). The third kappa shape index (κ3) is 2.90. The van der Waals surface area contributed by atoms with Gasteiger partial charge in [0.15, 0.2) is 0 Å². The van der Waals surface area contributed by atoms with E-state index in [0.29, 0.717) is 17.3 Å². The molecule has 1 N–H and O–H groups in total. The van der Waals surface area contributed by atoms with Gasteiger partial charge in [-0.15, -0.1) is 0 Å². The highest BCUT2D eigenvalue weighted by atomic mass is 16.2. The molecule has 20 heavy (non-hydrogen) atoms. The van der Waals surface area contributed by atoms with Gasteiger partial charge in [-0.05, 0) is 50.7 Å². The van der Waals surface area contributed by atoms with Crippen LogP contribution in [0.25, 0.3) is 0 Å². The normalized spacial score (nSPS) is 17.4. The highest BCUT2D eigenvalue weighted by Crippen LogP contribution is 2.32. The minimum atomic E-state index is -0.0820. The van der Waals surface area contributed by atoms with Gasteiger partial charge in [-0.3, -0.25) is 4.90 Å². The van der Waals surface area contributed by atoms with Crippen LogP contribution >= 0.6 is 0 Å². The number of rotatable bonds is 4. The van der Waals surface area contributed by atoms with E-state index >= 15 is 0 Å². The summed E-state index contributed by atoms with van der Waals surface area (Å²) in [6, 6.07) is 5.70. The van der Waals surface area contributed by atoms with Crippen LogP contribution in [0.2, 0.25) is 0 Å². The number of aryl methyl sites for hydroxylation is 1. The molecule has 5 nitrogen and oxygen atoms in total. The van der Waals surface area contributed by atoms with Crippen molar-refractivity contribution >= 4 is 11.8 Å². The summed E-state index contributed by atoms with van der Waals surface area (Å²) >= 11 is 0. The minimum absolute atomic E-state index is 0.0820. The number of pyridine rings is 1. The van der Waals surface area contributed by atoms with E-state index in [9.17, 15) is 4.79 Å². The van der Waals surface area contributed by atoms with Gasteiger partial charge in [0.05, 0.1) is 11.6 Å². The molecule has 1 aromatic heterocycles. The van der Waals surface area contributed by atoms with Crippen LogP contribution < -0.4 is 10.2 Å². The predicted octanol–water partition coefficient (Wildman–Crippen LogP) is 2.35. The second-order valence-electron chi connectivity index (χ2n) is 5.70. The highest BCUT2D eigenvalue weighted by Gasteiger charge is 2.35. The lowest BCUT2D eigenvalue weighted by atomic mass is 10.2. The van der Waals surface area contributed by atoms with E-state index in [1.807, 2.05) is 6.92 Å². The minimum Gasteiger partial charge on any atom is -0.337 e. The molecule has 1 aromatic rings. The van der Waals surface area contributed by atoms with Gasteiger partial charge in [0, 0.05) is 18.3 Å². The van der Waals surface area contributed by atoms with Crippen molar-refractivity contribution in [2.24, 2.45) is 5.92 Å². The smallest absolute Gasteiger partial charge is 0.323 e. The first kappa shape index (κ1) is 12.9. The van der Waals surface area contributed by atoms with Crippen LogP contribution in [0.4, 0.5) is 10.6 Å². The first-order valence-electron chi connectivity index (χ1n) is 7.13. The van der Waals surface area contributed by atoms with Gasteiger partial charge in [0.25, 0.3) is 0 Å². The number of urea groups is 1. The Hall–Kier alpha value is -2.09. The van der Waals surface area contributed by atoms with Gasteiger partial charge in [-0.25, -0.2) is 9.78 Å². The van der Waals surface area contributed by atoms with Gasteiger partial charge < -0.3 is 5.32 Å². The van der Waals surface area contributed by atoms with E-state index in [2.05, 4.69) is 16.4 Å². The van der Waals surface area contributed by atoms with E-state index in [0.717, 1.165) is 25.1 Å². The molecule has 1 heterocycles. The summed E-state index contributed by atoms with van der Waals surface area (Å²) in [4.78, 5) is 18.5. The Balaban J connectivity index is 1.80. The van der Waals surface area contributed by atoms with Crippen LogP contribution in [0.5, 0.6) is 0 Å². The first-order chi connectivity index (χ1) is 9.67. The number of amides is 2.